The Morgan fingerprint density at radius 3 is 2.73 bits per heavy atom. The number of rotatable bonds is 5. The lowest BCUT2D eigenvalue weighted by atomic mass is 10.2. The number of nitrogens with zero attached hydrogens (tertiary/aromatic N) is 6. The van der Waals surface area contributed by atoms with Crippen molar-refractivity contribution >= 4 is 17.3 Å². The van der Waals surface area contributed by atoms with Gasteiger partial charge in [-0.2, -0.15) is 0 Å². The number of piperazine rings is 1. The number of pyridine rings is 1. The fraction of sp³-hybridized carbons (Fsp3) is 0.381. The van der Waals surface area contributed by atoms with Gasteiger partial charge >= 0.3 is 0 Å². The van der Waals surface area contributed by atoms with Crippen LogP contribution in [0.4, 0.5) is 14.5 Å². The lowest BCUT2D eigenvalue weighted by Gasteiger charge is -2.37. The molecule has 1 aliphatic rings. The first-order chi connectivity index (χ1) is 14.7. The number of fused-ring (bicyclic) bond motifs is 1. The Kier molecular flexibility index (Phi) is 6.06. The van der Waals surface area contributed by atoms with E-state index in [-0.39, 0.29) is 0 Å². The van der Waals surface area contributed by atoms with Gasteiger partial charge in [-0.15, -0.1) is 10.2 Å². The van der Waals surface area contributed by atoms with Gasteiger partial charge in [-0.3, -0.25) is 9.39 Å². The second kappa shape index (κ2) is 9.06. The molecule has 0 unspecified atom stereocenters. The van der Waals surface area contributed by atoms with E-state index in [1.54, 1.807) is 7.05 Å². The number of nitrogens with one attached hydrogen (secondary N) is 1. The van der Waals surface area contributed by atoms with Gasteiger partial charge in [0.2, 0.25) is 0 Å². The number of hydrogen-bond donors (Lipinski definition) is 1. The van der Waals surface area contributed by atoms with Crippen LogP contribution in [0.15, 0.2) is 47.6 Å². The Morgan fingerprint density at radius 1 is 1.10 bits per heavy atom. The minimum atomic E-state index is -0.424. The van der Waals surface area contributed by atoms with Gasteiger partial charge < -0.3 is 15.1 Å². The predicted octanol–water partition coefficient (Wildman–Crippen LogP) is 2.34. The van der Waals surface area contributed by atoms with E-state index in [1.807, 2.05) is 33.7 Å². The smallest absolute Gasteiger partial charge is 0.193 e. The summed E-state index contributed by atoms with van der Waals surface area (Å²) in [6, 6.07) is 9.43. The van der Waals surface area contributed by atoms with Crippen LogP contribution in [0.5, 0.6) is 0 Å². The van der Waals surface area contributed by atoms with Gasteiger partial charge in [-0.25, -0.2) is 8.78 Å². The molecule has 9 heteroatoms. The van der Waals surface area contributed by atoms with E-state index >= 15 is 0 Å². The fourth-order valence-corrected chi connectivity index (χ4v) is 3.73. The van der Waals surface area contributed by atoms with Crippen LogP contribution in [0.3, 0.4) is 0 Å². The zero-order chi connectivity index (χ0) is 20.9. The molecule has 1 N–H and O–H groups in total. The third-order valence-corrected chi connectivity index (χ3v) is 5.28. The van der Waals surface area contributed by atoms with E-state index < -0.39 is 11.6 Å². The summed E-state index contributed by atoms with van der Waals surface area (Å²) in [5, 5.41) is 11.8. The summed E-state index contributed by atoms with van der Waals surface area (Å²) >= 11 is 0. The lowest BCUT2D eigenvalue weighted by Crippen LogP contribution is -2.52. The van der Waals surface area contributed by atoms with E-state index in [0.717, 1.165) is 42.9 Å². The number of halogens is 2. The summed E-state index contributed by atoms with van der Waals surface area (Å²) in [5.74, 6) is 0.939. The summed E-state index contributed by atoms with van der Waals surface area (Å²) in [5.41, 5.74) is 1.17. The maximum Gasteiger partial charge on any atom is 0.193 e. The maximum atomic E-state index is 14.0. The highest BCUT2D eigenvalue weighted by Crippen LogP contribution is 2.21. The topological polar surface area (TPSA) is 61.1 Å². The Hall–Kier alpha value is -3.23. The quantitative estimate of drug-likeness (QED) is 0.395. The SMILES string of the molecule is CN=C(NCCCc1nnc2ccccn12)N1CCN(c2cc(F)ccc2F)CC1. The molecule has 0 aliphatic carbocycles. The van der Waals surface area contributed by atoms with E-state index in [4.69, 9.17) is 0 Å². The summed E-state index contributed by atoms with van der Waals surface area (Å²) in [4.78, 5) is 8.38. The van der Waals surface area contributed by atoms with Crippen LogP contribution >= 0.6 is 0 Å². The first kappa shape index (κ1) is 20.1. The van der Waals surface area contributed by atoms with Crippen LogP contribution in [0.1, 0.15) is 12.2 Å². The average molecular weight is 413 g/mol. The molecule has 0 radical (unpaired) electrons. The molecule has 0 bridgehead atoms. The summed E-state index contributed by atoms with van der Waals surface area (Å²) in [6.07, 6.45) is 3.67. The second-order valence-electron chi connectivity index (χ2n) is 7.19. The normalized spacial score (nSPS) is 15.1. The molecular weight excluding hydrogens is 388 g/mol. The Balaban J connectivity index is 1.26. The van der Waals surface area contributed by atoms with E-state index in [9.17, 15) is 8.78 Å². The molecule has 1 aliphatic heterocycles. The minimum Gasteiger partial charge on any atom is -0.366 e. The number of aromatic nitrogens is 3. The van der Waals surface area contributed by atoms with Crippen molar-refractivity contribution in [2.24, 2.45) is 4.99 Å². The predicted molar refractivity (Wildman–Crippen MR) is 113 cm³/mol. The van der Waals surface area contributed by atoms with Crippen molar-refractivity contribution in [3.8, 4) is 0 Å². The minimum absolute atomic E-state index is 0.318. The van der Waals surface area contributed by atoms with Gasteiger partial charge in [0, 0.05) is 58.5 Å². The van der Waals surface area contributed by atoms with Crippen LogP contribution in [0, 0.1) is 11.6 Å². The van der Waals surface area contributed by atoms with Gasteiger partial charge in [0.1, 0.15) is 17.5 Å². The van der Waals surface area contributed by atoms with Crippen molar-refractivity contribution in [2.45, 2.75) is 12.8 Å². The van der Waals surface area contributed by atoms with Crippen molar-refractivity contribution in [3.63, 3.8) is 0 Å². The molecule has 0 atom stereocenters. The molecule has 1 saturated heterocycles. The van der Waals surface area contributed by atoms with Crippen molar-refractivity contribution in [1.82, 2.24) is 24.8 Å². The number of guanidine groups is 1. The molecule has 2 aromatic heterocycles. The first-order valence-corrected chi connectivity index (χ1v) is 10.1. The molecule has 1 fully saturated rings. The molecule has 0 spiro atoms. The van der Waals surface area contributed by atoms with Gasteiger partial charge in [-0.1, -0.05) is 6.07 Å². The van der Waals surface area contributed by atoms with Crippen LogP contribution in [-0.2, 0) is 6.42 Å². The van der Waals surface area contributed by atoms with Crippen LogP contribution in [0.25, 0.3) is 5.65 Å². The van der Waals surface area contributed by atoms with E-state index in [2.05, 4.69) is 25.4 Å². The Morgan fingerprint density at radius 2 is 1.93 bits per heavy atom. The van der Waals surface area contributed by atoms with Gasteiger partial charge in [0.05, 0.1) is 5.69 Å². The highest BCUT2D eigenvalue weighted by Gasteiger charge is 2.22. The van der Waals surface area contributed by atoms with Crippen LogP contribution in [0.2, 0.25) is 0 Å². The number of benzene rings is 1. The van der Waals surface area contributed by atoms with Crippen molar-refractivity contribution < 1.29 is 8.78 Å². The molecule has 0 amide bonds. The molecule has 4 rings (SSSR count). The molecule has 1 aromatic carbocycles. The zero-order valence-electron chi connectivity index (χ0n) is 16.9. The van der Waals surface area contributed by atoms with Crippen molar-refractivity contribution in [2.75, 3.05) is 44.7 Å². The first-order valence-electron chi connectivity index (χ1n) is 10.1. The number of aryl methyl sites for hydroxylation is 1. The summed E-state index contributed by atoms with van der Waals surface area (Å²) in [6.45, 7) is 3.33. The zero-order valence-corrected chi connectivity index (χ0v) is 16.9. The van der Waals surface area contributed by atoms with E-state index in [0.29, 0.717) is 31.9 Å². The molecule has 158 valence electrons. The number of hydrogen-bond acceptors (Lipinski definition) is 4. The van der Waals surface area contributed by atoms with Gasteiger partial charge in [0.15, 0.2) is 11.6 Å². The third-order valence-electron chi connectivity index (χ3n) is 5.28. The second-order valence-corrected chi connectivity index (χ2v) is 7.19. The molecule has 3 aromatic rings. The highest BCUT2D eigenvalue weighted by atomic mass is 19.1. The van der Waals surface area contributed by atoms with Crippen LogP contribution < -0.4 is 10.2 Å². The molecular formula is C21H25F2N7. The standard InChI is InChI=1S/C21H25F2N7/c1-24-21(25-9-4-6-20-27-26-19-5-2-3-10-30(19)20)29-13-11-28(12-14-29)18-15-16(22)7-8-17(18)23/h2-3,5,7-8,10,15H,4,6,9,11-14H2,1H3,(H,24,25). The summed E-state index contributed by atoms with van der Waals surface area (Å²) in [7, 11) is 1.76. The summed E-state index contributed by atoms with van der Waals surface area (Å²) < 4.78 is 29.5. The van der Waals surface area contributed by atoms with Crippen molar-refractivity contribution in [3.05, 3.63) is 60.1 Å². The van der Waals surface area contributed by atoms with Gasteiger partial charge in [-0.05, 0) is 30.7 Å². The highest BCUT2D eigenvalue weighted by molar-refractivity contribution is 5.80. The monoisotopic (exact) mass is 413 g/mol. The third kappa shape index (κ3) is 4.34. The Bertz CT molecular complexity index is 1030. The molecule has 0 saturated carbocycles. The molecule has 7 nitrogen and oxygen atoms in total. The number of anilines is 1. The molecule has 30 heavy (non-hydrogen) atoms. The average Bonchev–Trinajstić information content (AvgIpc) is 3.19. The van der Waals surface area contributed by atoms with Gasteiger partial charge in [0.25, 0.3) is 0 Å². The molecule has 3 heterocycles. The maximum absolute atomic E-state index is 14.0. The van der Waals surface area contributed by atoms with Crippen LogP contribution in [-0.4, -0.2) is 65.2 Å². The lowest BCUT2D eigenvalue weighted by molar-refractivity contribution is 0.370. The number of aliphatic imine (C=N–C) groups is 1. The van der Waals surface area contributed by atoms with E-state index in [1.165, 1.54) is 12.1 Å². The fourth-order valence-electron chi connectivity index (χ4n) is 3.73. The van der Waals surface area contributed by atoms with Crippen molar-refractivity contribution in [1.29, 1.82) is 0 Å². The Labute approximate surface area is 174 Å². The largest absolute Gasteiger partial charge is 0.366 e.